The number of hydrogen-bond acceptors (Lipinski definition) is 4. The first-order chi connectivity index (χ1) is 10.3. The molecule has 6 heteroatoms. The molecule has 110 valence electrons. The molecule has 2 aromatic heterocycles. The summed E-state index contributed by atoms with van der Waals surface area (Å²) in [4.78, 5) is 28.1. The monoisotopic (exact) mass is 303 g/mol. The maximum absolute atomic E-state index is 11.7. The smallest absolute Gasteiger partial charge is 0.261 e. The van der Waals surface area contributed by atoms with Crippen LogP contribution in [0.5, 0.6) is 0 Å². The predicted octanol–water partition coefficient (Wildman–Crippen LogP) is 1.97. The van der Waals surface area contributed by atoms with E-state index in [1.54, 1.807) is 12.3 Å². The average molecular weight is 303 g/mol. The van der Waals surface area contributed by atoms with E-state index in [-0.39, 0.29) is 11.8 Å². The largest absolute Gasteiger partial charge is 0.351 e. The SMILES string of the molecule is O=C(CCCNC(=O)c1cccs1)NCc1ccccn1. The summed E-state index contributed by atoms with van der Waals surface area (Å²) in [5.74, 6) is -0.120. The highest BCUT2D eigenvalue weighted by molar-refractivity contribution is 7.12. The standard InChI is InChI=1S/C15H17N3O2S/c19-14(18-11-12-5-1-2-8-16-12)7-3-9-17-15(20)13-6-4-10-21-13/h1-2,4-6,8,10H,3,7,9,11H2,(H,17,20)(H,18,19). The van der Waals surface area contributed by atoms with Gasteiger partial charge in [0, 0.05) is 19.2 Å². The minimum absolute atomic E-state index is 0.0361. The maximum Gasteiger partial charge on any atom is 0.261 e. The summed E-state index contributed by atoms with van der Waals surface area (Å²) >= 11 is 1.40. The quantitative estimate of drug-likeness (QED) is 0.768. The van der Waals surface area contributed by atoms with E-state index in [4.69, 9.17) is 0 Å². The van der Waals surface area contributed by atoms with Gasteiger partial charge in [0.2, 0.25) is 5.91 Å². The zero-order valence-electron chi connectivity index (χ0n) is 11.5. The molecule has 2 N–H and O–H groups in total. The molecule has 0 saturated carbocycles. The molecule has 2 amide bonds. The van der Waals surface area contributed by atoms with Crippen LogP contribution in [0.3, 0.4) is 0 Å². The van der Waals surface area contributed by atoms with E-state index in [9.17, 15) is 9.59 Å². The Morgan fingerprint density at radius 2 is 2.05 bits per heavy atom. The molecule has 5 nitrogen and oxygen atoms in total. The molecule has 2 rings (SSSR count). The lowest BCUT2D eigenvalue weighted by molar-refractivity contribution is -0.121. The van der Waals surface area contributed by atoms with Crippen molar-refractivity contribution in [2.45, 2.75) is 19.4 Å². The van der Waals surface area contributed by atoms with Crippen LogP contribution < -0.4 is 10.6 Å². The Labute approximate surface area is 127 Å². The first-order valence-electron chi connectivity index (χ1n) is 6.74. The number of rotatable bonds is 7. The summed E-state index contributed by atoms with van der Waals surface area (Å²) in [6, 6.07) is 9.20. The number of nitrogens with zero attached hydrogens (tertiary/aromatic N) is 1. The molecule has 0 aliphatic heterocycles. The van der Waals surface area contributed by atoms with E-state index in [1.807, 2.05) is 29.6 Å². The molecular formula is C15H17N3O2S. The number of amides is 2. The van der Waals surface area contributed by atoms with Gasteiger partial charge in [0.1, 0.15) is 0 Å². The molecule has 0 aromatic carbocycles. The van der Waals surface area contributed by atoms with Crippen LogP contribution in [0.2, 0.25) is 0 Å². The average Bonchev–Trinajstić information content (AvgIpc) is 3.05. The molecule has 0 unspecified atom stereocenters. The van der Waals surface area contributed by atoms with Gasteiger partial charge in [-0.25, -0.2) is 0 Å². The number of carbonyl (C=O) groups is 2. The Morgan fingerprint density at radius 1 is 1.14 bits per heavy atom. The normalized spacial score (nSPS) is 10.1. The third kappa shape index (κ3) is 5.35. The van der Waals surface area contributed by atoms with Gasteiger partial charge in [-0.15, -0.1) is 11.3 Å². The van der Waals surface area contributed by atoms with Crippen molar-refractivity contribution < 1.29 is 9.59 Å². The van der Waals surface area contributed by atoms with Crippen LogP contribution in [-0.4, -0.2) is 23.3 Å². The number of nitrogens with one attached hydrogen (secondary N) is 2. The first kappa shape index (κ1) is 15.2. The zero-order chi connectivity index (χ0) is 14.9. The van der Waals surface area contributed by atoms with E-state index in [1.165, 1.54) is 11.3 Å². The van der Waals surface area contributed by atoms with Crippen LogP contribution in [0.25, 0.3) is 0 Å². The van der Waals surface area contributed by atoms with E-state index in [0.29, 0.717) is 30.8 Å². The number of hydrogen-bond donors (Lipinski definition) is 2. The highest BCUT2D eigenvalue weighted by atomic mass is 32.1. The highest BCUT2D eigenvalue weighted by Crippen LogP contribution is 2.07. The van der Waals surface area contributed by atoms with Crippen LogP contribution in [0.4, 0.5) is 0 Å². The lowest BCUT2D eigenvalue weighted by atomic mass is 10.2. The second-order valence-electron chi connectivity index (χ2n) is 4.43. The summed E-state index contributed by atoms with van der Waals surface area (Å²) in [7, 11) is 0. The van der Waals surface area contributed by atoms with Crippen molar-refractivity contribution >= 4 is 23.2 Å². The molecule has 0 spiro atoms. The summed E-state index contributed by atoms with van der Waals surface area (Å²) < 4.78 is 0. The second-order valence-corrected chi connectivity index (χ2v) is 5.38. The molecule has 0 atom stereocenters. The van der Waals surface area contributed by atoms with Gasteiger partial charge in [-0.05, 0) is 30.0 Å². The summed E-state index contributed by atoms with van der Waals surface area (Å²) in [6.45, 7) is 0.926. The van der Waals surface area contributed by atoms with Crippen molar-refractivity contribution in [1.29, 1.82) is 0 Å². The van der Waals surface area contributed by atoms with Gasteiger partial charge >= 0.3 is 0 Å². The van der Waals surface area contributed by atoms with Gasteiger partial charge in [0.15, 0.2) is 0 Å². The van der Waals surface area contributed by atoms with Crippen LogP contribution in [-0.2, 0) is 11.3 Å². The Kier molecular flexibility index (Phi) is 5.90. The maximum atomic E-state index is 11.7. The van der Waals surface area contributed by atoms with Gasteiger partial charge in [-0.1, -0.05) is 12.1 Å². The van der Waals surface area contributed by atoms with E-state index in [0.717, 1.165) is 5.69 Å². The van der Waals surface area contributed by atoms with E-state index < -0.39 is 0 Å². The van der Waals surface area contributed by atoms with Gasteiger partial charge in [-0.3, -0.25) is 14.6 Å². The zero-order valence-corrected chi connectivity index (χ0v) is 12.4. The molecule has 0 saturated heterocycles. The Bertz CT molecular complexity index is 570. The molecule has 0 radical (unpaired) electrons. The van der Waals surface area contributed by atoms with Gasteiger partial charge in [0.25, 0.3) is 5.91 Å². The van der Waals surface area contributed by atoms with Gasteiger partial charge in [0.05, 0.1) is 17.1 Å². The van der Waals surface area contributed by atoms with Crippen molar-refractivity contribution in [2.75, 3.05) is 6.54 Å². The number of carbonyl (C=O) groups excluding carboxylic acids is 2. The molecule has 0 aliphatic rings. The van der Waals surface area contributed by atoms with Gasteiger partial charge < -0.3 is 10.6 Å². The highest BCUT2D eigenvalue weighted by Gasteiger charge is 2.06. The Hall–Kier alpha value is -2.21. The predicted molar refractivity (Wildman–Crippen MR) is 82.0 cm³/mol. The van der Waals surface area contributed by atoms with Crippen molar-refractivity contribution in [2.24, 2.45) is 0 Å². The van der Waals surface area contributed by atoms with Gasteiger partial charge in [-0.2, -0.15) is 0 Å². The fourth-order valence-electron chi connectivity index (χ4n) is 1.73. The molecular weight excluding hydrogens is 286 g/mol. The van der Waals surface area contributed by atoms with Crippen molar-refractivity contribution in [3.8, 4) is 0 Å². The molecule has 2 heterocycles. The van der Waals surface area contributed by atoms with Crippen molar-refractivity contribution in [3.05, 3.63) is 52.5 Å². The molecule has 0 bridgehead atoms. The fourth-order valence-corrected chi connectivity index (χ4v) is 2.37. The summed E-state index contributed by atoms with van der Waals surface area (Å²) in [6.07, 6.45) is 2.70. The second kappa shape index (κ2) is 8.16. The summed E-state index contributed by atoms with van der Waals surface area (Å²) in [5, 5.41) is 7.46. The number of thiophene rings is 1. The molecule has 21 heavy (non-hydrogen) atoms. The van der Waals surface area contributed by atoms with Crippen LogP contribution in [0.1, 0.15) is 28.2 Å². The van der Waals surface area contributed by atoms with Crippen molar-refractivity contribution in [3.63, 3.8) is 0 Å². The van der Waals surface area contributed by atoms with Crippen LogP contribution >= 0.6 is 11.3 Å². The molecule has 2 aromatic rings. The Balaban J connectivity index is 1.58. The van der Waals surface area contributed by atoms with Crippen LogP contribution in [0, 0.1) is 0 Å². The first-order valence-corrected chi connectivity index (χ1v) is 7.62. The van der Waals surface area contributed by atoms with Crippen molar-refractivity contribution in [1.82, 2.24) is 15.6 Å². The van der Waals surface area contributed by atoms with Crippen LogP contribution in [0.15, 0.2) is 41.9 Å². The third-order valence-electron chi connectivity index (χ3n) is 2.80. The third-order valence-corrected chi connectivity index (χ3v) is 3.67. The molecule has 0 aliphatic carbocycles. The topological polar surface area (TPSA) is 71.1 Å². The lowest BCUT2D eigenvalue weighted by Gasteiger charge is -2.05. The Morgan fingerprint density at radius 3 is 2.76 bits per heavy atom. The lowest BCUT2D eigenvalue weighted by Crippen LogP contribution is -2.27. The van der Waals surface area contributed by atoms with E-state index in [2.05, 4.69) is 15.6 Å². The molecule has 0 fully saturated rings. The minimum atomic E-state index is -0.0844. The number of aromatic nitrogens is 1. The number of pyridine rings is 1. The minimum Gasteiger partial charge on any atom is -0.351 e. The van der Waals surface area contributed by atoms with E-state index >= 15 is 0 Å². The summed E-state index contributed by atoms with van der Waals surface area (Å²) in [5.41, 5.74) is 0.830. The fraction of sp³-hybridized carbons (Fsp3) is 0.267.